The van der Waals surface area contributed by atoms with Gasteiger partial charge in [-0.2, -0.15) is 5.10 Å². The molecule has 4 aromatic rings. The quantitative estimate of drug-likeness (QED) is 0.225. The molecular weight excluding hydrogens is 461 g/mol. The molecule has 0 amide bonds. The number of halogens is 2. The van der Waals surface area contributed by atoms with Gasteiger partial charge in [-0.25, -0.2) is 5.84 Å². The molecule has 3 aromatic carbocycles. The van der Waals surface area contributed by atoms with Gasteiger partial charge in [-0.1, -0.05) is 74.5 Å². The average molecular weight is 492 g/mol. The molecule has 0 radical (unpaired) electrons. The van der Waals surface area contributed by atoms with Crippen LogP contribution in [0.2, 0.25) is 0 Å². The van der Waals surface area contributed by atoms with Gasteiger partial charge in [0.15, 0.2) is 5.82 Å². The van der Waals surface area contributed by atoms with Gasteiger partial charge in [0, 0.05) is 28.7 Å². The van der Waals surface area contributed by atoms with Crippen molar-refractivity contribution >= 4 is 52.2 Å². The minimum atomic E-state index is -0.499. The van der Waals surface area contributed by atoms with Crippen molar-refractivity contribution in [2.45, 2.75) is 26.0 Å². The summed E-state index contributed by atoms with van der Waals surface area (Å²) in [5.41, 5.74) is 2.50. The molecule has 178 valence electrons. The second-order valence-electron chi connectivity index (χ2n) is 7.43. The number of rotatable bonds is 7. The van der Waals surface area contributed by atoms with Crippen LogP contribution in [0, 0.1) is 0 Å². The standard InChI is InChI=1S/C16H21NO2.C8H8N4.2ClH/c1-12(2)17-10-14(18)11-19-16-9-5-7-13-6-3-4-8-15(13)16;9-11-8-7-4-2-1-3-6(7)5-10-12-8;;/h3-9,12,14,17-18H,10-11H2,1-2H3;1-5H,9H2,(H,11,12);2*1H. The highest BCUT2D eigenvalue weighted by molar-refractivity contribution is 5.90. The van der Waals surface area contributed by atoms with Gasteiger partial charge in [0.05, 0.1) is 6.20 Å². The number of hydrogen-bond acceptors (Lipinski definition) is 7. The summed E-state index contributed by atoms with van der Waals surface area (Å²) in [7, 11) is 0. The van der Waals surface area contributed by atoms with Crippen LogP contribution < -0.4 is 21.3 Å². The van der Waals surface area contributed by atoms with Crippen molar-refractivity contribution in [3.63, 3.8) is 0 Å². The summed E-state index contributed by atoms with van der Waals surface area (Å²) in [6, 6.07) is 22.2. The van der Waals surface area contributed by atoms with Crippen LogP contribution in [0.25, 0.3) is 21.5 Å². The Morgan fingerprint density at radius 3 is 2.24 bits per heavy atom. The van der Waals surface area contributed by atoms with Gasteiger partial charge in [0.2, 0.25) is 0 Å². The van der Waals surface area contributed by atoms with Crippen LogP contribution in [0.4, 0.5) is 5.82 Å². The lowest BCUT2D eigenvalue weighted by Crippen LogP contribution is -2.35. The van der Waals surface area contributed by atoms with Crippen molar-refractivity contribution in [3.8, 4) is 5.75 Å². The lowest BCUT2D eigenvalue weighted by molar-refractivity contribution is 0.105. The third kappa shape index (κ3) is 8.31. The Balaban J connectivity index is 0.000000338. The maximum Gasteiger partial charge on any atom is 0.170 e. The maximum atomic E-state index is 9.84. The predicted molar refractivity (Wildman–Crippen MR) is 140 cm³/mol. The van der Waals surface area contributed by atoms with Crippen LogP contribution >= 0.6 is 24.8 Å². The van der Waals surface area contributed by atoms with Gasteiger partial charge in [-0.3, -0.25) is 0 Å². The summed E-state index contributed by atoms with van der Waals surface area (Å²) in [4.78, 5) is 0. The largest absolute Gasteiger partial charge is 0.490 e. The lowest BCUT2D eigenvalue weighted by atomic mass is 10.1. The molecule has 9 heteroatoms. The van der Waals surface area contributed by atoms with E-state index >= 15 is 0 Å². The molecule has 33 heavy (non-hydrogen) atoms. The van der Waals surface area contributed by atoms with Crippen molar-refractivity contribution in [3.05, 3.63) is 72.9 Å². The van der Waals surface area contributed by atoms with Crippen LogP contribution in [0.5, 0.6) is 5.75 Å². The summed E-state index contributed by atoms with van der Waals surface area (Å²) >= 11 is 0. The molecule has 1 heterocycles. The maximum absolute atomic E-state index is 9.84. The van der Waals surface area contributed by atoms with Gasteiger partial charge in [0.1, 0.15) is 18.5 Å². The SMILES string of the molecule is CC(C)NCC(O)COc1cccc2ccccc12.Cl.Cl.NNc1nncc2ccccc12. The van der Waals surface area contributed by atoms with E-state index < -0.39 is 6.10 Å². The number of aliphatic hydroxyl groups is 1. The predicted octanol–water partition coefficient (Wildman–Crippen LogP) is 4.34. The fourth-order valence-corrected chi connectivity index (χ4v) is 3.07. The summed E-state index contributed by atoms with van der Waals surface area (Å²) in [6.45, 7) is 4.95. The van der Waals surface area contributed by atoms with Crippen LogP contribution in [-0.2, 0) is 0 Å². The van der Waals surface area contributed by atoms with Crippen molar-refractivity contribution in [2.75, 3.05) is 18.6 Å². The van der Waals surface area contributed by atoms with Crippen LogP contribution in [-0.4, -0.2) is 40.6 Å². The number of aromatic nitrogens is 2. The average Bonchev–Trinajstić information content (AvgIpc) is 2.81. The van der Waals surface area contributed by atoms with Crippen molar-refractivity contribution in [2.24, 2.45) is 5.84 Å². The molecule has 0 bridgehead atoms. The van der Waals surface area contributed by atoms with E-state index in [0.29, 0.717) is 25.0 Å². The number of ether oxygens (including phenoxy) is 1. The summed E-state index contributed by atoms with van der Waals surface area (Å²) < 4.78 is 5.72. The van der Waals surface area contributed by atoms with E-state index in [0.717, 1.165) is 27.3 Å². The van der Waals surface area contributed by atoms with Crippen molar-refractivity contribution in [1.82, 2.24) is 15.5 Å². The number of hydrogen-bond donors (Lipinski definition) is 4. The number of fused-ring (bicyclic) bond motifs is 2. The molecule has 0 saturated carbocycles. The molecule has 0 spiro atoms. The number of hydrazine groups is 1. The Morgan fingerprint density at radius 1 is 0.909 bits per heavy atom. The highest BCUT2D eigenvalue weighted by Crippen LogP contribution is 2.25. The number of nitrogens with one attached hydrogen (secondary N) is 2. The molecule has 1 aromatic heterocycles. The number of nitrogens with zero attached hydrogens (tertiary/aromatic N) is 2. The normalized spacial score (nSPS) is 11.1. The number of aliphatic hydroxyl groups excluding tert-OH is 1. The zero-order chi connectivity index (χ0) is 22.1. The molecule has 1 unspecified atom stereocenters. The van der Waals surface area contributed by atoms with E-state index in [1.54, 1.807) is 6.20 Å². The minimum absolute atomic E-state index is 0. The number of nitrogen functional groups attached to an aromatic ring is 1. The van der Waals surface area contributed by atoms with E-state index in [-0.39, 0.29) is 24.8 Å². The third-order valence-corrected chi connectivity index (χ3v) is 4.65. The van der Waals surface area contributed by atoms with Gasteiger partial charge < -0.3 is 20.6 Å². The van der Waals surface area contributed by atoms with E-state index in [1.165, 1.54) is 0 Å². The van der Waals surface area contributed by atoms with Gasteiger partial charge in [-0.05, 0) is 11.5 Å². The van der Waals surface area contributed by atoms with Gasteiger partial charge in [0.25, 0.3) is 0 Å². The lowest BCUT2D eigenvalue weighted by Gasteiger charge is -2.15. The zero-order valence-corrected chi connectivity index (χ0v) is 20.3. The summed E-state index contributed by atoms with van der Waals surface area (Å²) in [6.07, 6.45) is 1.21. The van der Waals surface area contributed by atoms with Crippen LogP contribution in [0.1, 0.15) is 13.8 Å². The van der Waals surface area contributed by atoms with E-state index in [2.05, 4.69) is 46.9 Å². The molecule has 5 N–H and O–H groups in total. The molecule has 0 aliphatic heterocycles. The number of benzene rings is 3. The molecule has 0 aliphatic carbocycles. The fourth-order valence-electron chi connectivity index (χ4n) is 3.07. The minimum Gasteiger partial charge on any atom is -0.490 e. The summed E-state index contributed by atoms with van der Waals surface area (Å²) in [5, 5.41) is 24.9. The first kappa shape index (κ1) is 28.4. The topological polar surface area (TPSA) is 105 Å². The second-order valence-corrected chi connectivity index (χ2v) is 7.43. The van der Waals surface area contributed by atoms with Crippen LogP contribution in [0.15, 0.2) is 72.9 Å². The Morgan fingerprint density at radius 2 is 1.55 bits per heavy atom. The van der Waals surface area contributed by atoms with Crippen molar-refractivity contribution < 1.29 is 9.84 Å². The third-order valence-electron chi connectivity index (χ3n) is 4.65. The Bertz CT molecular complexity index is 1100. The van der Waals surface area contributed by atoms with E-state index in [9.17, 15) is 5.11 Å². The number of nitrogens with two attached hydrogens (primary N) is 1. The first-order valence-electron chi connectivity index (χ1n) is 10.3. The zero-order valence-electron chi connectivity index (χ0n) is 18.6. The Hall–Kier alpha value is -2.68. The molecule has 1 atom stereocenters. The van der Waals surface area contributed by atoms with Gasteiger partial charge >= 0.3 is 0 Å². The second kappa shape index (κ2) is 14.5. The Labute approximate surface area is 206 Å². The molecule has 0 saturated heterocycles. The molecule has 0 fully saturated rings. The van der Waals surface area contributed by atoms with Crippen LogP contribution in [0.3, 0.4) is 0 Å². The van der Waals surface area contributed by atoms with Gasteiger partial charge in [-0.15, -0.1) is 29.9 Å². The molecular formula is C24H31Cl2N5O2. The molecule has 0 aliphatic rings. The smallest absolute Gasteiger partial charge is 0.170 e. The molecule has 7 nitrogen and oxygen atoms in total. The van der Waals surface area contributed by atoms with E-state index in [4.69, 9.17) is 10.6 Å². The summed E-state index contributed by atoms with van der Waals surface area (Å²) in [5.74, 6) is 6.69. The highest BCUT2D eigenvalue weighted by Gasteiger charge is 2.07. The first-order valence-corrected chi connectivity index (χ1v) is 10.3. The molecule has 4 rings (SSSR count). The Kier molecular flexibility index (Phi) is 12.4. The van der Waals surface area contributed by atoms with Crippen molar-refractivity contribution in [1.29, 1.82) is 0 Å². The number of anilines is 1. The van der Waals surface area contributed by atoms with E-state index in [1.807, 2.05) is 54.6 Å². The first-order chi connectivity index (χ1) is 15.1. The fraction of sp³-hybridized carbons (Fsp3) is 0.250. The monoisotopic (exact) mass is 491 g/mol. The highest BCUT2D eigenvalue weighted by atomic mass is 35.5.